The molecular weight excluding hydrogens is 380 g/mol. The molecule has 134 valence electrons. The lowest BCUT2D eigenvalue weighted by Gasteiger charge is -2.11. The number of ketones is 1. The molecule has 0 fully saturated rings. The molecule has 3 rings (SSSR count). The fourth-order valence-electron chi connectivity index (χ4n) is 2.45. The van der Waals surface area contributed by atoms with Gasteiger partial charge in [0, 0.05) is 22.4 Å². The predicted molar refractivity (Wildman–Crippen MR) is 111 cm³/mol. The maximum Gasteiger partial charge on any atom is 0.257 e. The van der Waals surface area contributed by atoms with E-state index in [4.69, 9.17) is 23.8 Å². The topological polar surface area (TPSA) is 58.2 Å². The lowest BCUT2D eigenvalue weighted by molar-refractivity contribution is 0.0976. The predicted octanol–water partition coefficient (Wildman–Crippen LogP) is 4.70. The SMILES string of the molecule is O=C(NC(=S)Nc1ccc(Cl)c(C(=O)c2ccccc2)c1)c1ccccc1. The summed E-state index contributed by atoms with van der Waals surface area (Å²) in [6, 6.07) is 22.5. The molecule has 3 aromatic rings. The minimum absolute atomic E-state index is 0.129. The Labute approximate surface area is 167 Å². The fraction of sp³-hybridized carbons (Fsp3) is 0. The van der Waals surface area contributed by atoms with Crippen LogP contribution in [0.3, 0.4) is 0 Å². The van der Waals surface area contributed by atoms with Gasteiger partial charge in [0.1, 0.15) is 0 Å². The molecule has 0 saturated carbocycles. The van der Waals surface area contributed by atoms with E-state index in [1.807, 2.05) is 12.1 Å². The van der Waals surface area contributed by atoms with Gasteiger partial charge in [0.2, 0.25) is 0 Å². The third-order valence-corrected chi connectivity index (χ3v) is 4.30. The molecule has 0 atom stereocenters. The van der Waals surface area contributed by atoms with E-state index in [0.717, 1.165) is 0 Å². The minimum Gasteiger partial charge on any atom is -0.332 e. The first-order valence-corrected chi connectivity index (χ1v) is 8.90. The zero-order valence-electron chi connectivity index (χ0n) is 14.1. The van der Waals surface area contributed by atoms with Gasteiger partial charge in [-0.05, 0) is 42.5 Å². The summed E-state index contributed by atoms with van der Waals surface area (Å²) < 4.78 is 0. The summed E-state index contributed by atoms with van der Waals surface area (Å²) in [5.74, 6) is -0.508. The fourth-order valence-corrected chi connectivity index (χ4v) is 2.86. The van der Waals surface area contributed by atoms with E-state index in [2.05, 4.69) is 10.6 Å². The van der Waals surface area contributed by atoms with Crippen molar-refractivity contribution in [3.63, 3.8) is 0 Å². The van der Waals surface area contributed by atoms with Crippen molar-refractivity contribution in [1.29, 1.82) is 0 Å². The molecule has 0 aliphatic carbocycles. The van der Waals surface area contributed by atoms with Gasteiger partial charge in [-0.1, -0.05) is 60.1 Å². The summed E-state index contributed by atoms with van der Waals surface area (Å²) in [5.41, 5.74) is 1.94. The monoisotopic (exact) mass is 394 g/mol. The van der Waals surface area contributed by atoms with E-state index in [1.54, 1.807) is 66.7 Å². The molecule has 0 saturated heterocycles. The van der Waals surface area contributed by atoms with E-state index in [0.29, 0.717) is 27.4 Å². The van der Waals surface area contributed by atoms with Crippen LogP contribution in [0.1, 0.15) is 26.3 Å². The smallest absolute Gasteiger partial charge is 0.257 e. The number of carbonyl (C=O) groups is 2. The molecule has 0 aliphatic heterocycles. The number of hydrogen-bond acceptors (Lipinski definition) is 3. The van der Waals surface area contributed by atoms with Gasteiger partial charge < -0.3 is 5.32 Å². The number of amides is 1. The highest BCUT2D eigenvalue weighted by molar-refractivity contribution is 7.80. The number of thiocarbonyl (C=S) groups is 1. The van der Waals surface area contributed by atoms with Crippen LogP contribution >= 0.6 is 23.8 Å². The van der Waals surface area contributed by atoms with Gasteiger partial charge in [-0.2, -0.15) is 0 Å². The van der Waals surface area contributed by atoms with Crippen molar-refractivity contribution < 1.29 is 9.59 Å². The average Bonchev–Trinajstić information content (AvgIpc) is 2.70. The first-order chi connectivity index (χ1) is 13.0. The molecule has 27 heavy (non-hydrogen) atoms. The summed E-state index contributed by atoms with van der Waals surface area (Å²) in [6.45, 7) is 0. The van der Waals surface area contributed by atoms with Crippen LogP contribution in [0.15, 0.2) is 78.9 Å². The Morgan fingerprint density at radius 2 is 1.41 bits per heavy atom. The normalized spacial score (nSPS) is 10.1. The summed E-state index contributed by atoms with van der Waals surface area (Å²) in [4.78, 5) is 24.8. The molecule has 1 amide bonds. The number of hydrogen-bond donors (Lipinski definition) is 2. The van der Waals surface area contributed by atoms with E-state index in [9.17, 15) is 9.59 Å². The molecule has 6 heteroatoms. The van der Waals surface area contributed by atoms with Crippen molar-refractivity contribution in [2.45, 2.75) is 0 Å². The molecule has 0 aromatic heterocycles. The molecule has 0 unspecified atom stereocenters. The highest BCUT2D eigenvalue weighted by Gasteiger charge is 2.14. The van der Waals surface area contributed by atoms with Crippen molar-refractivity contribution >= 4 is 46.3 Å². The zero-order chi connectivity index (χ0) is 19.2. The summed E-state index contributed by atoms with van der Waals surface area (Å²) in [7, 11) is 0. The highest BCUT2D eigenvalue weighted by Crippen LogP contribution is 2.23. The standard InChI is InChI=1S/C21H15ClN2O2S/c22-18-12-11-16(13-17(18)19(25)14-7-3-1-4-8-14)23-21(27)24-20(26)15-9-5-2-6-10-15/h1-13H,(H2,23,24,26,27). The average molecular weight is 395 g/mol. The third kappa shape index (κ3) is 4.78. The summed E-state index contributed by atoms with van der Waals surface area (Å²) >= 11 is 11.4. The Hall–Kier alpha value is -3.02. The summed E-state index contributed by atoms with van der Waals surface area (Å²) in [6.07, 6.45) is 0. The van der Waals surface area contributed by atoms with Crippen LogP contribution in [0.2, 0.25) is 5.02 Å². The quantitative estimate of drug-likeness (QED) is 0.497. The number of carbonyl (C=O) groups excluding carboxylic acids is 2. The van der Waals surface area contributed by atoms with E-state index >= 15 is 0 Å². The van der Waals surface area contributed by atoms with Gasteiger partial charge in [0.15, 0.2) is 10.9 Å². The molecule has 2 N–H and O–H groups in total. The van der Waals surface area contributed by atoms with E-state index in [1.165, 1.54) is 0 Å². The second-order valence-electron chi connectivity index (χ2n) is 5.66. The van der Waals surface area contributed by atoms with Crippen LogP contribution in [0.4, 0.5) is 5.69 Å². The van der Waals surface area contributed by atoms with Crippen LogP contribution in [-0.4, -0.2) is 16.8 Å². The Kier molecular flexibility index (Phi) is 5.96. The van der Waals surface area contributed by atoms with Crippen molar-refractivity contribution in [3.05, 3.63) is 101 Å². The minimum atomic E-state index is -0.317. The number of rotatable bonds is 4. The number of nitrogens with one attached hydrogen (secondary N) is 2. The van der Waals surface area contributed by atoms with Crippen LogP contribution in [0.25, 0.3) is 0 Å². The van der Waals surface area contributed by atoms with Gasteiger partial charge in [-0.3, -0.25) is 14.9 Å². The van der Waals surface area contributed by atoms with Crippen molar-refractivity contribution in [3.8, 4) is 0 Å². The lowest BCUT2D eigenvalue weighted by atomic mass is 10.0. The zero-order valence-corrected chi connectivity index (χ0v) is 15.7. The molecule has 0 spiro atoms. The van der Waals surface area contributed by atoms with E-state index in [-0.39, 0.29) is 16.8 Å². The Morgan fingerprint density at radius 1 is 0.815 bits per heavy atom. The first kappa shape index (κ1) is 18.8. The Bertz CT molecular complexity index is 992. The number of benzene rings is 3. The molecule has 0 aliphatic rings. The lowest BCUT2D eigenvalue weighted by Crippen LogP contribution is -2.34. The largest absolute Gasteiger partial charge is 0.332 e. The second-order valence-corrected chi connectivity index (χ2v) is 6.48. The van der Waals surface area contributed by atoms with Crippen molar-refractivity contribution in [2.24, 2.45) is 0 Å². The van der Waals surface area contributed by atoms with Gasteiger partial charge in [-0.15, -0.1) is 0 Å². The maximum atomic E-state index is 12.7. The molecular formula is C21H15ClN2O2S. The highest BCUT2D eigenvalue weighted by atomic mass is 35.5. The van der Waals surface area contributed by atoms with Gasteiger partial charge in [0.05, 0.1) is 5.02 Å². The number of halogens is 1. The molecule has 4 nitrogen and oxygen atoms in total. The van der Waals surface area contributed by atoms with Crippen LogP contribution < -0.4 is 10.6 Å². The third-order valence-electron chi connectivity index (χ3n) is 3.77. The molecule has 0 bridgehead atoms. The van der Waals surface area contributed by atoms with Crippen LogP contribution in [0.5, 0.6) is 0 Å². The molecule has 3 aromatic carbocycles. The van der Waals surface area contributed by atoms with Crippen LogP contribution in [0, 0.1) is 0 Å². The van der Waals surface area contributed by atoms with Crippen molar-refractivity contribution in [1.82, 2.24) is 5.32 Å². The summed E-state index contributed by atoms with van der Waals surface area (Å²) in [5, 5.41) is 5.98. The van der Waals surface area contributed by atoms with Gasteiger partial charge >= 0.3 is 0 Å². The van der Waals surface area contributed by atoms with Gasteiger partial charge in [0.25, 0.3) is 5.91 Å². The maximum absolute atomic E-state index is 12.7. The number of anilines is 1. The Balaban J connectivity index is 1.73. The van der Waals surface area contributed by atoms with Crippen molar-refractivity contribution in [2.75, 3.05) is 5.32 Å². The molecule has 0 heterocycles. The first-order valence-electron chi connectivity index (χ1n) is 8.11. The van der Waals surface area contributed by atoms with E-state index < -0.39 is 0 Å². The Morgan fingerprint density at radius 3 is 2.04 bits per heavy atom. The van der Waals surface area contributed by atoms with Crippen LogP contribution in [-0.2, 0) is 0 Å². The van der Waals surface area contributed by atoms with Gasteiger partial charge in [-0.25, -0.2) is 0 Å². The second kappa shape index (κ2) is 8.58. The molecule has 0 radical (unpaired) electrons.